The Morgan fingerprint density at radius 2 is 2.31 bits per heavy atom. The van der Waals surface area contributed by atoms with Crippen molar-refractivity contribution in [3.8, 4) is 0 Å². The van der Waals surface area contributed by atoms with Crippen LogP contribution >= 0.6 is 27.7 Å². The zero-order valence-electron chi connectivity index (χ0n) is 7.54. The molecule has 0 aromatic carbocycles. The number of halogens is 1. The first kappa shape index (κ1) is 9.84. The van der Waals surface area contributed by atoms with E-state index in [-0.39, 0.29) is 0 Å². The van der Waals surface area contributed by atoms with Crippen LogP contribution in [0.15, 0.2) is 0 Å². The predicted molar refractivity (Wildman–Crippen MR) is 59.3 cm³/mol. The van der Waals surface area contributed by atoms with Crippen LogP contribution in [0.1, 0.15) is 12.8 Å². The molecule has 0 aliphatic carbocycles. The molecule has 2 unspecified atom stereocenters. The lowest BCUT2D eigenvalue weighted by Crippen LogP contribution is -2.34. The Balaban J connectivity index is 1.89. The Morgan fingerprint density at radius 1 is 1.46 bits per heavy atom. The fraction of sp³-hybridized carbons (Fsp3) is 0.889. The number of hydrogen-bond acceptors (Lipinski definition) is 2. The molecule has 0 N–H and O–H groups in total. The number of likely N-dealkylation sites (tertiary alicyclic amines) is 1. The second kappa shape index (κ2) is 4.22. The number of hydrogen-bond donors (Lipinski definition) is 0. The third-order valence-electron chi connectivity index (χ3n) is 2.72. The average molecular weight is 264 g/mol. The van der Waals surface area contributed by atoms with Gasteiger partial charge in [-0.2, -0.15) is 11.8 Å². The van der Waals surface area contributed by atoms with E-state index in [2.05, 4.69) is 15.9 Å². The third kappa shape index (κ3) is 2.21. The lowest BCUT2D eigenvalue weighted by atomic mass is 10.1. The number of amides is 1. The van der Waals surface area contributed by atoms with Crippen LogP contribution < -0.4 is 0 Å². The molecule has 2 aliphatic rings. The highest BCUT2D eigenvalue weighted by Crippen LogP contribution is 2.27. The van der Waals surface area contributed by atoms with Gasteiger partial charge in [-0.1, -0.05) is 15.9 Å². The highest BCUT2D eigenvalue weighted by molar-refractivity contribution is 9.09. The molecule has 4 heteroatoms. The minimum Gasteiger partial charge on any atom is -0.341 e. The van der Waals surface area contributed by atoms with Gasteiger partial charge < -0.3 is 4.90 Å². The van der Waals surface area contributed by atoms with Gasteiger partial charge in [-0.05, 0) is 18.6 Å². The van der Waals surface area contributed by atoms with Crippen LogP contribution in [0, 0.1) is 5.92 Å². The van der Waals surface area contributed by atoms with Gasteiger partial charge in [0.25, 0.3) is 0 Å². The van der Waals surface area contributed by atoms with Crippen molar-refractivity contribution < 1.29 is 4.79 Å². The van der Waals surface area contributed by atoms with Crippen LogP contribution in [-0.2, 0) is 4.79 Å². The summed E-state index contributed by atoms with van der Waals surface area (Å²) in [7, 11) is 0. The number of carbonyl (C=O) groups is 1. The molecule has 2 saturated heterocycles. The molecule has 2 aliphatic heterocycles. The van der Waals surface area contributed by atoms with Crippen molar-refractivity contribution in [2.24, 2.45) is 5.92 Å². The minimum absolute atomic E-state index is 0.322. The summed E-state index contributed by atoms with van der Waals surface area (Å²) in [6, 6.07) is 0. The topological polar surface area (TPSA) is 20.3 Å². The Bertz CT molecular complexity index is 206. The van der Waals surface area contributed by atoms with Crippen LogP contribution in [0.3, 0.4) is 0 Å². The zero-order chi connectivity index (χ0) is 9.26. The monoisotopic (exact) mass is 263 g/mol. The van der Waals surface area contributed by atoms with Crippen LogP contribution in [-0.4, -0.2) is 40.2 Å². The normalized spacial score (nSPS) is 34.1. The SMILES string of the molecule is O=C(C1CCSC1)N1CCC(Br)C1. The molecule has 2 atom stereocenters. The minimum atomic E-state index is 0.322. The van der Waals surface area contributed by atoms with Gasteiger partial charge in [-0.25, -0.2) is 0 Å². The summed E-state index contributed by atoms with van der Waals surface area (Å²) in [4.78, 5) is 14.4. The number of alkyl halides is 1. The van der Waals surface area contributed by atoms with Gasteiger partial charge in [-0.15, -0.1) is 0 Å². The molecule has 0 spiro atoms. The molecule has 0 bridgehead atoms. The van der Waals surface area contributed by atoms with Crippen molar-refractivity contribution in [1.82, 2.24) is 4.90 Å². The summed E-state index contributed by atoms with van der Waals surface area (Å²) >= 11 is 5.47. The first-order valence-corrected chi connectivity index (χ1v) is 6.85. The van der Waals surface area contributed by atoms with Gasteiger partial charge in [0.15, 0.2) is 0 Å². The van der Waals surface area contributed by atoms with Crippen molar-refractivity contribution in [1.29, 1.82) is 0 Å². The number of nitrogens with zero attached hydrogens (tertiary/aromatic N) is 1. The summed E-state index contributed by atoms with van der Waals surface area (Å²) in [6.07, 6.45) is 2.21. The van der Waals surface area contributed by atoms with Crippen molar-refractivity contribution in [2.45, 2.75) is 17.7 Å². The first-order valence-electron chi connectivity index (χ1n) is 4.78. The molecule has 0 aromatic rings. The van der Waals surface area contributed by atoms with Gasteiger partial charge in [0.1, 0.15) is 0 Å². The number of carbonyl (C=O) groups excluding carboxylic acids is 1. The molecule has 1 amide bonds. The lowest BCUT2D eigenvalue weighted by Gasteiger charge is -2.19. The Kier molecular flexibility index (Phi) is 3.19. The summed E-state index contributed by atoms with van der Waals surface area (Å²) in [5.41, 5.74) is 0. The van der Waals surface area contributed by atoms with Crippen molar-refractivity contribution in [3.63, 3.8) is 0 Å². The quantitative estimate of drug-likeness (QED) is 0.672. The maximum absolute atomic E-state index is 11.9. The molecular formula is C9H14BrNOS. The molecule has 0 radical (unpaired) electrons. The van der Waals surface area contributed by atoms with Crippen LogP contribution in [0.5, 0.6) is 0 Å². The molecule has 0 saturated carbocycles. The van der Waals surface area contributed by atoms with Gasteiger partial charge >= 0.3 is 0 Å². The van der Waals surface area contributed by atoms with Gasteiger partial charge in [0.05, 0.1) is 0 Å². The summed E-state index contributed by atoms with van der Waals surface area (Å²) in [5.74, 6) is 2.93. The predicted octanol–water partition coefficient (Wildman–Crippen LogP) is 1.74. The van der Waals surface area contributed by atoms with E-state index in [1.54, 1.807) is 0 Å². The average Bonchev–Trinajstić information content (AvgIpc) is 2.72. The van der Waals surface area contributed by atoms with Crippen molar-refractivity contribution in [2.75, 3.05) is 24.6 Å². The summed E-state index contributed by atoms with van der Waals surface area (Å²) in [5, 5.41) is 0. The van der Waals surface area contributed by atoms with E-state index < -0.39 is 0 Å². The summed E-state index contributed by atoms with van der Waals surface area (Å²) in [6.45, 7) is 1.87. The molecule has 0 aromatic heterocycles. The fourth-order valence-corrected chi connectivity index (χ4v) is 3.67. The molecule has 13 heavy (non-hydrogen) atoms. The third-order valence-corrected chi connectivity index (χ3v) is 4.63. The van der Waals surface area contributed by atoms with Crippen LogP contribution in [0.2, 0.25) is 0 Å². The largest absolute Gasteiger partial charge is 0.341 e. The first-order chi connectivity index (χ1) is 6.27. The standard InChI is InChI=1S/C9H14BrNOS/c10-8-1-3-11(5-8)9(12)7-2-4-13-6-7/h7-8H,1-6H2. The van der Waals surface area contributed by atoms with E-state index in [0.717, 1.165) is 31.7 Å². The maximum Gasteiger partial charge on any atom is 0.226 e. The van der Waals surface area contributed by atoms with Crippen molar-refractivity contribution in [3.05, 3.63) is 0 Å². The number of thioether (sulfide) groups is 1. The van der Waals surface area contributed by atoms with E-state index in [0.29, 0.717) is 16.7 Å². The highest BCUT2D eigenvalue weighted by Gasteiger charge is 2.31. The van der Waals surface area contributed by atoms with E-state index in [1.165, 1.54) is 5.75 Å². The summed E-state index contributed by atoms with van der Waals surface area (Å²) < 4.78 is 0. The Labute approximate surface area is 91.6 Å². The Morgan fingerprint density at radius 3 is 2.85 bits per heavy atom. The van der Waals surface area contributed by atoms with Gasteiger partial charge in [0.2, 0.25) is 5.91 Å². The van der Waals surface area contributed by atoms with Gasteiger partial charge in [-0.3, -0.25) is 4.79 Å². The zero-order valence-corrected chi connectivity index (χ0v) is 9.94. The second-order valence-electron chi connectivity index (χ2n) is 3.73. The molecular weight excluding hydrogens is 250 g/mol. The fourth-order valence-electron chi connectivity index (χ4n) is 1.91. The second-order valence-corrected chi connectivity index (χ2v) is 6.18. The van der Waals surface area contributed by atoms with Crippen LogP contribution in [0.25, 0.3) is 0 Å². The molecule has 74 valence electrons. The van der Waals surface area contributed by atoms with Crippen molar-refractivity contribution >= 4 is 33.6 Å². The molecule has 2 nitrogen and oxygen atoms in total. The van der Waals surface area contributed by atoms with Crippen LogP contribution in [0.4, 0.5) is 0 Å². The molecule has 2 fully saturated rings. The molecule has 2 rings (SSSR count). The van der Waals surface area contributed by atoms with E-state index >= 15 is 0 Å². The highest BCUT2D eigenvalue weighted by atomic mass is 79.9. The molecule has 2 heterocycles. The van der Waals surface area contributed by atoms with E-state index in [9.17, 15) is 4.79 Å². The van der Waals surface area contributed by atoms with E-state index in [4.69, 9.17) is 0 Å². The Hall–Kier alpha value is 0.300. The smallest absolute Gasteiger partial charge is 0.226 e. The maximum atomic E-state index is 11.9. The number of rotatable bonds is 1. The van der Waals surface area contributed by atoms with Gasteiger partial charge in [0, 0.05) is 29.6 Å². The van der Waals surface area contributed by atoms with E-state index in [1.807, 2.05) is 16.7 Å². The lowest BCUT2D eigenvalue weighted by molar-refractivity contribution is -0.133.